The van der Waals surface area contributed by atoms with Crippen molar-refractivity contribution in [1.82, 2.24) is 0 Å². The van der Waals surface area contributed by atoms with Crippen molar-refractivity contribution in [3.05, 3.63) is 80.2 Å². The monoisotopic (exact) mass is 327 g/mol. The maximum atomic E-state index is 10.9. The third-order valence-corrected chi connectivity index (χ3v) is 3.96. The minimum absolute atomic E-state index is 0.00520. The van der Waals surface area contributed by atoms with Crippen molar-refractivity contribution in [2.75, 3.05) is 0 Å². The Hall–Kier alpha value is -3.04. The van der Waals surface area contributed by atoms with Gasteiger partial charge in [0.25, 0.3) is 5.69 Å². The smallest absolute Gasteiger partial charge is 0.270 e. The lowest BCUT2D eigenvalue weighted by Crippen LogP contribution is -2.21. The molecule has 2 aromatic carbocycles. The van der Waals surface area contributed by atoms with Gasteiger partial charge in [-0.1, -0.05) is 29.8 Å². The van der Waals surface area contributed by atoms with Crippen LogP contribution in [0.5, 0.6) is 5.75 Å². The van der Waals surface area contributed by atoms with Crippen molar-refractivity contribution < 1.29 is 9.66 Å². The Morgan fingerprint density at radius 3 is 2.65 bits per heavy atom. The molecule has 1 heterocycles. The second-order valence-corrected chi connectivity index (χ2v) is 5.33. The minimum atomic E-state index is -0.529. The number of halogens is 1. The Kier molecular flexibility index (Phi) is 3.64. The van der Waals surface area contributed by atoms with Gasteiger partial charge in [0.2, 0.25) is 5.88 Å². The van der Waals surface area contributed by atoms with Crippen molar-refractivity contribution in [2.45, 2.75) is 5.92 Å². The fourth-order valence-electron chi connectivity index (χ4n) is 2.59. The van der Waals surface area contributed by atoms with E-state index in [4.69, 9.17) is 22.1 Å². The SMILES string of the molecule is N#CC1=C(N)Oc2ccccc2[C@@H]1c1ccc([N+](=O)[O-])cc1Cl. The zero-order chi connectivity index (χ0) is 16.6. The first-order chi connectivity index (χ1) is 11.0. The van der Waals surface area contributed by atoms with Gasteiger partial charge in [0.1, 0.15) is 17.4 Å². The molecule has 0 aromatic heterocycles. The molecule has 7 heteroatoms. The first-order valence-corrected chi connectivity index (χ1v) is 7.01. The molecular weight excluding hydrogens is 318 g/mol. The summed E-state index contributed by atoms with van der Waals surface area (Å²) in [5.74, 6) is 0.00675. The average Bonchev–Trinajstić information content (AvgIpc) is 2.53. The van der Waals surface area contributed by atoms with Gasteiger partial charge in [-0.05, 0) is 17.7 Å². The fourth-order valence-corrected chi connectivity index (χ4v) is 2.87. The highest BCUT2D eigenvalue weighted by Crippen LogP contribution is 2.44. The van der Waals surface area contributed by atoms with Gasteiger partial charge in [-0.15, -0.1) is 0 Å². The third kappa shape index (κ3) is 2.47. The van der Waals surface area contributed by atoms with E-state index in [1.54, 1.807) is 12.1 Å². The van der Waals surface area contributed by atoms with Crippen molar-refractivity contribution >= 4 is 17.3 Å². The number of para-hydroxylation sites is 1. The molecule has 0 saturated carbocycles. The van der Waals surface area contributed by atoms with E-state index in [0.29, 0.717) is 11.3 Å². The number of rotatable bonds is 2. The molecule has 0 radical (unpaired) electrons. The quantitative estimate of drug-likeness (QED) is 0.672. The van der Waals surface area contributed by atoms with Crippen LogP contribution < -0.4 is 10.5 Å². The molecule has 114 valence electrons. The molecule has 0 aliphatic carbocycles. The van der Waals surface area contributed by atoms with Crippen molar-refractivity contribution in [1.29, 1.82) is 5.26 Å². The number of nitrogens with zero attached hydrogens (tertiary/aromatic N) is 2. The second kappa shape index (κ2) is 5.63. The number of benzene rings is 2. The molecule has 2 N–H and O–H groups in total. The Balaban J connectivity index is 2.21. The molecule has 3 rings (SSSR count). The molecule has 0 unspecified atom stereocenters. The van der Waals surface area contributed by atoms with Crippen molar-refractivity contribution in [2.24, 2.45) is 5.73 Å². The average molecular weight is 328 g/mol. The molecule has 6 nitrogen and oxygen atoms in total. The number of non-ortho nitro benzene ring substituents is 1. The summed E-state index contributed by atoms with van der Waals surface area (Å²) in [6.45, 7) is 0. The van der Waals surface area contributed by atoms with Crippen molar-refractivity contribution in [3.63, 3.8) is 0 Å². The standard InChI is InChI=1S/C16H10ClN3O3/c17-13-7-9(20(21)22)5-6-10(13)15-11-3-1-2-4-14(11)23-16(19)12(15)8-18/h1-7,15H,19H2/t15-/m0/s1. The van der Waals surface area contributed by atoms with Gasteiger partial charge in [-0.3, -0.25) is 10.1 Å². The summed E-state index contributed by atoms with van der Waals surface area (Å²) in [6.07, 6.45) is 0. The van der Waals surface area contributed by atoms with E-state index in [1.165, 1.54) is 18.2 Å². The van der Waals surface area contributed by atoms with Gasteiger partial charge in [0.15, 0.2) is 0 Å². The molecule has 0 amide bonds. The maximum absolute atomic E-state index is 10.9. The molecule has 0 saturated heterocycles. The molecule has 23 heavy (non-hydrogen) atoms. The zero-order valence-electron chi connectivity index (χ0n) is 11.7. The number of hydrogen-bond donors (Lipinski definition) is 1. The normalized spacial score (nSPS) is 16.3. The van der Waals surface area contributed by atoms with Crippen LogP contribution >= 0.6 is 11.6 Å². The van der Waals surface area contributed by atoms with Gasteiger partial charge in [0.05, 0.1) is 15.9 Å². The highest BCUT2D eigenvalue weighted by molar-refractivity contribution is 6.31. The minimum Gasteiger partial charge on any atom is -0.440 e. The van der Waals surface area contributed by atoms with E-state index in [9.17, 15) is 15.4 Å². The Morgan fingerprint density at radius 1 is 1.26 bits per heavy atom. The molecular formula is C16H10ClN3O3. The molecule has 1 atom stereocenters. The number of fused-ring (bicyclic) bond motifs is 1. The van der Waals surface area contributed by atoms with Crippen molar-refractivity contribution in [3.8, 4) is 11.8 Å². The Labute approximate surface area is 136 Å². The van der Waals surface area contributed by atoms with Gasteiger partial charge in [-0.2, -0.15) is 5.26 Å². The van der Waals surface area contributed by atoms with Crippen LogP contribution in [-0.2, 0) is 0 Å². The Morgan fingerprint density at radius 2 is 2.00 bits per heavy atom. The number of nitriles is 1. The number of nitro groups is 1. The number of nitro benzene ring substituents is 1. The first-order valence-electron chi connectivity index (χ1n) is 6.63. The van der Waals surface area contributed by atoms with E-state index < -0.39 is 10.8 Å². The highest BCUT2D eigenvalue weighted by atomic mass is 35.5. The van der Waals surface area contributed by atoms with E-state index in [2.05, 4.69) is 0 Å². The molecule has 1 aliphatic rings. The maximum Gasteiger partial charge on any atom is 0.270 e. The molecule has 2 aromatic rings. The third-order valence-electron chi connectivity index (χ3n) is 3.63. The highest BCUT2D eigenvalue weighted by Gasteiger charge is 2.32. The lowest BCUT2D eigenvalue weighted by molar-refractivity contribution is -0.384. The lowest BCUT2D eigenvalue weighted by atomic mass is 9.83. The second-order valence-electron chi connectivity index (χ2n) is 4.93. The topological polar surface area (TPSA) is 102 Å². The molecule has 1 aliphatic heterocycles. The van der Waals surface area contributed by atoms with Crippen LogP contribution in [0.3, 0.4) is 0 Å². The predicted molar refractivity (Wildman–Crippen MR) is 83.8 cm³/mol. The number of nitrogens with two attached hydrogens (primary N) is 1. The van der Waals surface area contributed by atoms with Crippen LogP contribution in [0.4, 0.5) is 5.69 Å². The van der Waals surface area contributed by atoms with E-state index in [0.717, 1.165) is 5.56 Å². The van der Waals surface area contributed by atoms with Gasteiger partial charge < -0.3 is 10.5 Å². The summed E-state index contributed by atoms with van der Waals surface area (Å²) in [6, 6.07) is 13.3. The predicted octanol–water partition coefficient (Wildman–Crippen LogP) is 3.47. The molecule has 0 spiro atoms. The number of ether oxygens (including phenoxy) is 1. The van der Waals surface area contributed by atoms with Crippen LogP contribution in [0.15, 0.2) is 53.9 Å². The van der Waals surface area contributed by atoms with Gasteiger partial charge >= 0.3 is 0 Å². The van der Waals surface area contributed by atoms with Crippen LogP contribution in [0.1, 0.15) is 17.0 Å². The van der Waals surface area contributed by atoms with Gasteiger partial charge in [-0.25, -0.2) is 0 Å². The van der Waals surface area contributed by atoms with Crippen LogP contribution in [-0.4, -0.2) is 4.92 Å². The lowest BCUT2D eigenvalue weighted by Gasteiger charge is -2.26. The van der Waals surface area contributed by atoms with Crippen LogP contribution in [0.2, 0.25) is 5.02 Å². The van der Waals surface area contributed by atoms with Crippen LogP contribution in [0.25, 0.3) is 0 Å². The number of hydrogen-bond acceptors (Lipinski definition) is 5. The van der Waals surface area contributed by atoms with E-state index in [-0.39, 0.29) is 22.2 Å². The largest absolute Gasteiger partial charge is 0.440 e. The summed E-state index contributed by atoms with van der Waals surface area (Å²) in [5, 5.41) is 20.5. The fraction of sp³-hybridized carbons (Fsp3) is 0.0625. The van der Waals surface area contributed by atoms with Gasteiger partial charge in [0, 0.05) is 17.7 Å². The summed E-state index contributed by atoms with van der Waals surface area (Å²) in [7, 11) is 0. The first kappa shape index (κ1) is 14.9. The van der Waals surface area contributed by atoms with E-state index in [1.807, 2.05) is 18.2 Å². The van der Waals surface area contributed by atoms with E-state index >= 15 is 0 Å². The Bertz CT molecular complexity index is 886. The zero-order valence-corrected chi connectivity index (χ0v) is 12.4. The molecule has 0 fully saturated rings. The summed E-state index contributed by atoms with van der Waals surface area (Å²) in [5.41, 5.74) is 7.24. The molecule has 0 bridgehead atoms. The number of allylic oxidation sites excluding steroid dienone is 1. The van der Waals surface area contributed by atoms with Crippen LogP contribution in [0, 0.1) is 21.4 Å². The summed E-state index contributed by atoms with van der Waals surface area (Å²) < 4.78 is 5.47. The summed E-state index contributed by atoms with van der Waals surface area (Å²) >= 11 is 6.23. The summed E-state index contributed by atoms with van der Waals surface area (Å²) in [4.78, 5) is 10.3.